The van der Waals surface area contributed by atoms with E-state index in [4.69, 9.17) is 11.6 Å². The highest BCUT2D eigenvalue weighted by Gasteiger charge is 2.24. The van der Waals surface area contributed by atoms with Gasteiger partial charge in [0.15, 0.2) is 6.17 Å². The monoisotopic (exact) mass is 398 g/mol. The van der Waals surface area contributed by atoms with Crippen LogP contribution in [0.3, 0.4) is 0 Å². The molecule has 0 aliphatic carbocycles. The summed E-state index contributed by atoms with van der Waals surface area (Å²) in [6.45, 7) is 3.82. The number of aryl methyl sites for hydroxylation is 1. The van der Waals surface area contributed by atoms with Gasteiger partial charge in [-0.25, -0.2) is 0 Å². The Hall–Kier alpha value is -2.63. The first-order chi connectivity index (χ1) is 13.0. The summed E-state index contributed by atoms with van der Waals surface area (Å²) in [5.74, 6) is -0.526. The molecule has 0 saturated heterocycles. The van der Waals surface area contributed by atoms with Gasteiger partial charge < -0.3 is 10.6 Å². The van der Waals surface area contributed by atoms with Crippen molar-refractivity contribution in [3.63, 3.8) is 0 Å². The number of hydrogen-bond acceptors (Lipinski definition) is 4. The highest BCUT2D eigenvalue weighted by molar-refractivity contribution is 7.12. The van der Waals surface area contributed by atoms with Gasteiger partial charge in [0, 0.05) is 16.3 Å². The first-order valence-corrected chi connectivity index (χ1v) is 9.68. The number of Topliss-reactive ketones (excluding diaryl/α,β-unsaturated/α-hetero) is 1. The topological polar surface area (TPSA) is 58.2 Å². The van der Waals surface area contributed by atoms with Gasteiger partial charge >= 0.3 is 0 Å². The normalized spacial score (nSPS) is 11.7. The van der Waals surface area contributed by atoms with Crippen LogP contribution in [0.15, 0.2) is 60.0 Å². The Kier molecular flexibility index (Phi) is 5.94. The number of thiophene rings is 1. The lowest BCUT2D eigenvalue weighted by Gasteiger charge is -2.21. The van der Waals surface area contributed by atoms with E-state index < -0.39 is 6.17 Å². The van der Waals surface area contributed by atoms with Crippen LogP contribution in [-0.4, -0.2) is 17.9 Å². The lowest BCUT2D eigenvalue weighted by molar-refractivity contribution is 0.0872. The summed E-state index contributed by atoms with van der Waals surface area (Å²) in [6, 6.07) is 16.2. The molecule has 0 bridgehead atoms. The van der Waals surface area contributed by atoms with E-state index in [0.29, 0.717) is 21.2 Å². The second-order valence-electron chi connectivity index (χ2n) is 6.17. The number of rotatable bonds is 6. The van der Waals surface area contributed by atoms with Gasteiger partial charge in [-0.2, -0.15) is 0 Å². The van der Waals surface area contributed by atoms with E-state index in [9.17, 15) is 9.59 Å². The largest absolute Gasteiger partial charge is 0.359 e. The number of carbonyl (C=O) groups excluding carboxylic acids is 2. The molecule has 27 heavy (non-hydrogen) atoms. The molecule has 1 heterocycles. The summed E-state index contributed by atoms with van der Waals surface area (Å²) < 4.78 is 0. The Morgan fingerprint density at radius 2 is 1.74 bits per heavy atom. The second-order valence-corrected chi connectivity index (χ2v) is 7.53. The molecule has 0 aliphatic rings. The quantitative estimate of drug-likeness (QED) is 0.450. The van der Waals surface area contributed by atoms with Crippen molar-refractivity contribution in [2.24, 2.45) is 0 Å². The van der Waals surface area contributed by atoms with Crippen molar-refractivity contribution in [2.45, 2.75) is 20.0 Å². The number of carbonyl (C=O) groups is 2. The summed E-state index contributed by atoms with van der Waals surface area (Å²) >= 11 is 7.51. The molecule has 3 rings (SSSR count). The first kappa shape index (κ1) is 19.1. The Balaban J connectivity index is 1.90. The van der Waals surface area contributed by atoms with Crippen molar-refractivity contribution in [1.82, 2.24) is 5.32 Å². The molecule has 1 atom stereocenters. The maximum absolute atomic E-state index is 13.1. The van der Waals surface area contributed by atoms with Gasteiger partial charge in [-0.15, -0.1) is 11.3 Å². The average Bonchev–Trinajstić information content (AvgIpc) is 3.20. The number of benzene rings is 2. The number of halogens is 1. The van der Waals surface area contributed by atoms with Crippen LogP contribution in [0, 0.1) is 13.8 Å². The molecule has 0 fully saturated rings. The van der Waals surface area contributed by atoms with Gasteiger partial charge in [-0.3, -0.25) is 9.59 Å². The van der Waals surface area contributed by atoms with E-state index in [-0.39, 0.29) is 11.7 Å². The van der Waals surface area contributed by atoms with Crippen LogP contribution < -0.4 is 10.6 Å². The fourth-order valence-corrected chi connectivity index (χ4v) is 3.38. The Labute approximate surface area is 167 Å². The van der Waals surface area contributed by atoms with Crippen molar-refractivity contribution in [1.29, 1.82) is 0 Å². The van der Waals surface area contributed by atoms with E-state index in [0.717, 1.165) is 11.1 Å². The molecule has 1 aromatic heterocycles. The SMILES string of the molecule is Cc1ccc(C(=O)[C@@H](NC(=O)c2cccs2)Nc2cccc(Cl)c2C)cc1. The number of hydrogen-bond donors (Lipinski definition) is 2. The number of amides is 1. The minimum Gasteiger partial charge on any atom is -0.359 e. The van der Waals surface area contributed by atoms with E-state index >= 15 is 0 Å². The smallest absolute Gasteiger partial charge is 0.263 e. The van der Waals surface area contributed by atoms with Gasteiger partial charge in [0.1, 0.15) is 0 Å². The lowest BCUT2D eigenvalue weighted by atomic mass is 10.1. The fraction of sp³-hybridized carbons (Fsp3) is 0.143. The molecule has 2 aromatic carbocycles. The van der Waals surface area contributed by atoms with Crippen LogP contribution in [-0.2, 0) is 0 Å². The Morgan fingerprint density at radius 3 is 2.41 bits per heavy atom. The van der Waals surface area contributed by atoms with E-state index in [1.54, 1.807) is 36.4 Å². The van der Waals surface area contributed by atoms with Crippen molar-refractivity contribution < 1.29 is 9.59 Å². The molecular formula is C21H19ClN2O2S. The number of nitrogens with one attached hydrogen (secondary N) is 2. The maximum atomic E-state index is 13.1. The van der Waals surface area contributed by atoms with Crippen LogP contribution in [0.25, 0.3) is 0 Å². The third-order valence-electron chi connectivity index (χ3n) is 4.19. The molecule has 2 N–H and O–H groups in total. The highest BCUT2D eigenvalue weighted by Crippen LogP contribution is 2.24. The zero-order valence-electron chi connectivity index (χ0n) is 15.0. The van der Waals surface area contributed by atoms with Crippen LogP contribution in [0.2, 0.25) is 5.02 Å². The zero-order chi connectivity index (χ0) is 19.4. The second kappa shape index (κ2) is 8.37. The average molecular weight is 399 g/mol. The van der Waals surface area contributed by atoms with Crippen molar-refractivity contribution >= 4 is 40.3 Å². The van der Waals surface area contributed by atoms with E-state index in [1.807, 2.05) is 37.4 Å². The predicted octanol–water partition coefficient (Wildman–Crippen LogP) is 5.07. The summed E-state index contributed by atoms with van der Waals surface area (Å²) in [7, 11) is 0. The molecule has 0 aliphatic heterocycles. The van der Waals surface area contributed by atoms with Gasteiger partial charge in [-0.05, 0) is 43.0 Å². The van der Waals surface area contributed by atoms with Crippen molar-refractivity contribution in [2.75, 3.05) is 5.32 Å². The number of ketones is 1. The van der Waals surface area contributed by atoms with E-state index in [1.165, 1.54) is 11.3 Å². The molecular weight excluding hydrogens is 380 g/mol. The molecule has 0 radical (unpaired) electrons. The molecule has 0 unspecified atom stereocenters. The van der Waals surface area contributed by atoms with Crippen LogP contribution >= 0.6 is 22.9 Å². The van der Waals surface area contributed by atoms with Gasteiger partial charge in [0.2, 0.25) is 5.78 Å². The molecule has 6 heteroatoms. The molecule has 0 spiro atoms. The molecule has 4 nitrogen and oxygen atoms in total. The summed E-state index contributed by atoms with van der Waals surface area (Å²) in [4.78, 5) is 26.1. The minimum atomic E-state index is -0.917. The van der Waals surface area contributed by atoms with Crippen LogP contribution in [0.4, 0.5) is 5.69 Å². The third-order valence-corrected chi connectivity index (χ3v) is 5.46. The minimum absolute atomic E-state index is 0.223. The third kappa shape index (κ3) is 4.56. The summed E-state index contributed by atoms with van der Waals surface area (Å²) in [5.41, 5.74) is 3.08. The standard InChI is InChI=1S/C21H19ClN2O2S/c1-13-8-10-15(11-9-13)19(25)20(24-21(26)18-7-4-12-27-18)23-17-6-3-5-16(22)14(17)2/h3-12,20,23H,1-2H3,(H,24,26)/t20-/m1/s1. The van der Waals surface area contributed by atoms with Crippen LogP contribution in [0.1, 0.15) is 31.2 Å². The van der Waals surface area contributed by atoms with Crippen molar-refractivity contribution in [3.05, 3.63) is 86.6 Å². The lowest BCUT2D eigenvalue weighted by Crippen LogP contribution is -2.46. The Bertz CT molecular complexity index is 953. The molecule has 1 amide bonds. The summed E-state index contributed by atoms with van der Waals surface area (Å²) in [5, 5.41) is 8.34. The zero-order valence-corrected chi connectivity index (χ0v) is 16.5. The van der Waals surface area contributed by atoms with Crippen molar-refractivity contribution in [3.8, 4) is 0 Å². The Morgan fingerprint density at radius 1 is 1.00 bits per heavy atom. The first-order valence-electron chi connectivity index (χ1n) is 8.42. The van der Waals surface area contributed by atoms with Gasteiger partial charge in [0.25, 0.3) is 5.91 Å². The van der Waals surface area contributed by atoms with Gasteiger partial charge in [0.05, 0.1) is 4.88 Å². The maximum Gasteiger partial charge on any atom is 0.263 e. The highest BCUT2D eigenvalue weighted by atomic mass is 35.5. The van der Waals surface area contributed by atoms with E-state index in [2.05, 4.69) is 10.6 Å². The fourth-order valence-electron chi connectivity index (χ4n) is 2.58. The molecule has 0 saturated carbocycles. The van der Waals surface area contributed by atoms with Crippen LogP contribution in [0.5, 0.6) is 0 Å². The van der Waals surface area contributed by atoms with Gasteiger partial charge in [-0.1, -0.05) is 53.6 Å². The number of anilines is 1. The molecule has 3 aromatic rings. The predicted molar refractivity (Wildman–Crippen MR) is 111 cm³/mol. The summed E-state index contributed by atoms with van der Waals surface area (Å²) in [6.07, 6.45) is -0.917. The molecule has 138 valence electrons.